The Morgan fingerprint density at radius 3 is 1.86 bits per heavy atom. The summed E-state index contributed by atoms with van der Waals surface area (Å²) < 4.78 is 14.7. The van der Waals surface area contributed by atoms with Crippen LogP contribution in [0, 0.1) is 6.92 Å². The first-order chi connectivity index (χ1) is 10.4. The van der Waals surface area contributed by atoms with Gasteiger partial charge in [-0.3, -0.25) is 0 Å². The second-order valence-corrected chi connectivity index (χ2v) is 8.87. The summed E-state index contributed by atoms with van der Waals surface area (Å²) in [6.45, 7) is 9.54. The van der Waals surface area contributed by atoms with E-state index in [-0.39, 0.29) is 4.75 Å². The number of nitrogens with zero attached hydrogens (tertiary/aromatic N) is 1. The lowest BCUT2D eigenvalue weighted by molar-refractivity contribution is 0.422. The van der Waals surface area contributed by atoms with Gasteiger partial charge in [-0.1, -0.05) is 60.2 Å². The first-order valence-electron chi connectivity index (χ1n) is 7.62. The normalized spacial score (nSPS) is 13.3. The quantitative estimate of drug-likeness (QED) is 0.798. The molecule has 1 atom stereocenters. The molecule has 3 heteroatoms. The number of rotatable bonds is 5. The van der Waals surface area contributed by atoms with Gasteiger partial charge in [0.2, 0.25) is 0 Å². The smallest absolute Gasteiger partial charge is 0.100 e. The zero-order valence-electron chi connectivity index (χ0n) is 13.9. The number of aryl methyl sites for hydroxylation is 1. The topological polar surface area (TPSA) is 20.3 Å². The van der Waals surface area contributed by atoms with Crippen LogP contribution in [0.5, 0.6) is 0 Å². The van der Waals surface area contributed by atoms with Gasteiger partial charge in [-0.15, -0.1) is 0 Å². The van der Waals surface area contributed by atoms with Crippen molar-refractivity contribution >= 4 is 11.0 Å². The van der Waals surface area contributed by atoms with Gasteiger partial charge in [0, 0.05) is 13.1 Å². The van der Waals surface area contributed by atoms with E-state index in [1.807, 2.05) is 39.0 Å². The van der Waals surface area contributed by atoms with Crippen molar-refractivity contribution in [1.29, 1.82) is 0 Å². The Kier molecular flexibility index (Phi) is 5.54. The molecule has 0 spiro atoms. The van der Waals surface area contributed by atoms with Crippen LogP contribution >= 0.6 is 0 Å². The Hall–Kier alpha value is -1.45. The lowest BCUT2D eigenvalue weighted by Crippen LogP contribution is -2.36. The third-order valence-electron chi connectivity index (χ3n) is 3.44. The molecule has 0 radical (unpaired) electrons. The van der Waals surface area contributed by atoms with E-state index in [9.17, 15) is 4.21 Å². The minimum atomic E-state index is -1.05. The largest absolute Gasteiger partial charge is 0.242 e. The molecule has 0 aromatic heterocycles. The minimum Gasteiger partial charge on any atom is -0.242 e. The second kappa shape index (κ2) is 7.21. The van der Waals surface area contributed by atoms with Gasteiger partial charge in [0.05, 0.1) is 4.75 Å². The first-order valence-corrected chi connectivity index (χ1v) is 8.73. The molecule has 2 aromatic carbocycles. The molecular weight excluding hydrogens is 290 g/mol. The summed E-state index contributed by atoms with van der Waals surface area (Å²) in [6, 6.07) is 18.7. The van der Waals surface area contributed by atoms with Crippen molar-refractivity contribution in [2.45, 2.75) is 45.5 Å². The molecule has 0 N–H and O–H groups in total. The fraction of sp³-hybridized carbons (Fsp3) is 0.368. The fourth-order valence-electron chi connectivity index (χ4n) is 2.24. The Morgan fingerprint density at radius 2 is 1.36 bits per heavy atom. The third kappa shape index (κ3) is 4.79. The first kappa shape index (κ1) is 16.9. The summed E-state index contributed by atoms with van der Waals surface area (Å²) in [4.78, 5) is 0. The van der Waals surface area contributed by atoms with Crippen LogP contribution in [-0.2, 0) is 24.1 Å². The van der Waals surface area contributed by atoms with Crippen molar-refractivity contribution in [3.63, 3.8) is 0 Å². The lowest BCUT2D eigenvalue weighted by Gasteiger charge is -2.29. The molecule has 2 nitrogen and oxygen atoms in total. The molecule has 118 valence electrons. The average molecular weight is 315 g/mol. The molecule has 0 bridgehead atoms. The van der Waals surface area contributed by atoms with Crippen LogP contribution in [0.2, 0.25) is 0 Å². The summed E-state index contributed by atoms with van der Waals surface area (Å²) in [5.74, 6) is 0. The average Bonchev–Trinajstić information content (AvgIpc) is 2.48. The molecule has 0 amide bonds. The number of hydrogen-bond acceptors (Lipinski definition) is 1. The van der Waals surface area contributed by atoms with Gasteiger partial charge in [-0.2, -0.15) is 0 Å². The van der Waals surface area contributed by atoms with E-state index < -0.39 is 11.0 Å². The highest BCUT2D eigenvalue weighted by Gasteiger charge is 2.26. The van der Waals surface area contributed by atoms with Crippen LogP contribution in [0.3, 0.4) is 0 Å². The molecule has 0 saturated carbocycles. The Labute approximate surface area is 136 Å². The van der Waals surface area contributed by atoms with E-state index >= 15 is 0 Å². The maximum Gasteiger partial charge on any atom is 0.100 e. The Bertz CT molecular complexity index is 614. The molecule has 2 aromatic rings. The standard InChI is InChI=1S/C19H25NOS/c1-16-10-12-18(13-11-16)15-20(22(21)19(2,3)4)14-17-8-6-5-7-9-17/h5-13H,14-15H2,1-4H3. The SMILES string of the molecule is Cc1ccc(CN(Cc2ccccc2)S(=O)C(C)(C)C)cc1. The van der Waals surface area contributed by atoms with E-state index in [0.717, 1.165) is 0 Å². The van der Waals surface area contributed by atoms with E-state index in [1.165, 1.54) is 16.7 Å². The highest BCUT2D eigenvalue weighted by Crippen LogP contribution is 2.21. The second-order valence-electron chi connectivity index (χ2n) is 6.63. The summed E-state index contributed by atoms with van der Waals surface area (Å²) in [5, 5.41) is 0. The van der Waals surface area contributed by atoms with Gasteiger partial charge in [0.1, 0.15) is 11.0 Å². The molecule has 0 aliphatic rings. The molecule has 0 heterocycles. The molecule has 1 unspecified atom stereocenters. The highest BCUT2D eigenvalue weighted by atomic mass is 32.2. The monoisotopic (exact) mass is 315 g/mol. The van der Waals surface area contributed by atoms with Crippen molar-refractivity contribution in [3.05, 3.63) is 71.3 Å². The predicted molar refractivity (Wildman–Crippen MR) is 94.8 cm³/mol. The zero-order chi connectivity index (χ0) is 16.2. The maximum atomic E-state index is 12.9. The highest BCUT2D eigenvalue weighted by molar-refractivity contribution is 7.84. The maximum absolute atomic E-state index is 12.9. The van der Waals surface area contributed by atoms with Crippen LogP contribution in [0.25, 0.3) is 0 Å². The lowest BCUT2D eigenvalue weighted by atomic mass is 10.1. The Balaban J connectivity index is 2.21. The van der Waals surface area contributed by atoms with E-state index in [4.69, 9.17) is 0 Å². The van der Waals surface area contributed by atoms with E-state index in [0.29, 0.717) is 13.1 Å². The number of hydrogen-bond donors (Lipinski definition) is 0. The Morgan fingerprint density at radius 1 is 0.864 bits per heavy atom. The third-order valence-corrected chi connectivity index (χ3v) is 5.21. The molecular formula is C19H25NOS. The summed E-state index contributed by atoms with van der Waals surface area (Å²) in [5.41, 5.74) is 3.63. The summed E-state index contributed by atoms with van der Waals surface area (Å²) in [6.07, 6.45) is 0. The van der Waals surface area contributed by atoms with Gasteiger partial charge in [0.15, 0.2) is 0 Å². The molecule has 0 saturated heterocycles. The van der Waals surface area contributed by atoms with Crippen LogP contribution in [0.1, 0.15) is 37.5 Å². The van der Waals surface area contributed by atoms with Gasteiger partial charge in [0.25, 0.3) is 0 Å². The predicted octanol–water partition coefficient (Wildman–Crippen LogP) is 4.46. The van der Waals surface area contributed by atoms with Crippen molar-refractivity contribution in [2.24, 2.45) is 0 Å². The summed E-state index contributed by atoms with van der Waals surface area (Å²) >= 11 is 0. The van der Waals surface area contributed by atoms with Crippen molar-refractivity contribution < 1.29 is 4.21 Å². The van der Waals surface area contributed by atoms with Crippen molar-refractivity contribution in [1.82, 2.24) is 4.31 Å². The molecule has 2 rings (SSSR count). The van der Waals surface area contributed by atoms with E-state index in [2.05, 4.69) is 47.6 Å². The van der Waals surface area contributed by atoms with Crippen molar-refractivity contribution in [3.8, 4) is 0 Å². The van der Waals surface area contributed by atoms with Gasteiger partial charge in [-0.05, 0) is 38.8 Å². The van der Waals surface area contributed by atoms with Gasteiger partial charge < -0.3 is 0 Å². The molecule has 0 aliphatic heterocycles. The van der Waals surface area contributed by atoms with Gasteiger partial charge >= 0.3 is 0 Å². The summed E-state index contributed by atoms with van der Waals surface area (Å²) in [7, 11) is -1.05. The van der Waals surface area contributed by atoms with Crippen LogP contribution in [0.4, 0.5) is 0 Å². The fourth-order valence-corrected chi connectivity index (χ4v) is 3.55. The minimum absolute atomic E-state index is 0.264. The van der Waals surface area contributed by atoms with Gasteiger partial charge in [-0.25, -0.2) is 8.51 Å². The van der Waals surface area contributed by atoms with Crippen LogP contribution in [0.15, 0.2) is 54.6 Å². The zero-order valence-corrected chi connectivity index (χ0v) is 14.7. The van der Waals surface area contributed by atoms with E-state index in [1.54, 1.807) is 0 Å². The molecule has 22 heavy (non-hydrogen) atoms. The number of benzene rings is 2. The van der Waals surface area contributed by atoms with Crippen molar-refractivity contribution in [2.75, 3.05) is 0 Å². The molecule has 0 aliphatic carbocycles. The van der Waals surface area contributed by atoms with Crippen LogP contribution in [-0.4, -0.2) is 13.3 Å². The molecule has 0 fully saturated rings. The van der Waals surface area contributed by atoms with Crippen LogP contribution < -0.4 is 0 Å².